The lowest BCUT2D eigenvalue weighted by Crippen LogP contribution is -2.33. The molecule has 174 valence electrons. The highest BCUT2D eigenvalue weighted by Gasteiger charge is 2.34. The molecule has 1 aliphatic heterocycles. The lowest BCUT2D eigenvalue weighted by atomic mass is 10.1. The molecule has 1 aliphatic rings. The minimum atomic E-state index is -0.421. The molecule has 1 aromatic carbocycles. The summed E-state index contributed by atoms with van der Waals surface area (Å²) < 4.78 is 23.7. The average Bonchev–Trinajstić information content (AvgIpc) is 3.49. The van der Waals surface area contributed by atoms with Gasteiger partial charge in [-0.2, -0.15) is 5.10 Å². The number of anilines is 1. The van der Waals surface area contributed by atoms with Crippen LogP contribution in [0.3, 0.4) is 0 Å². The van der Waals surface area contributed by atoms with Crippen LogP contribution >= 0.6 is 0 Å². The van der Waals surface area contributed by atoms with Crippen molar-refractivity contribution in [2.45, 2.75) is 18.5 Å². The largest absolute Gasteiger partial charge is 0.383 e. The SMILES string of the molecule is C=CCN1CC(n2nc(C#Cc3cc4ncn(C)c4cc3F)c3c(N)ncnc32)C[C@@H]1COC. The summed E-state index contributed by atoms with van der Waals surface area (Å²) in [5, 5.41) is 5.33. The van der Waals surface area contributed by atoms with Gasteiger partial charge >= 0.3 is 0 Å². The third-order valence-electron chi connectivity index (χ3n) is 6.22. The number of imidazole rings is 1. The number of aryl methyl sites for hydroxylation is 1. The molecule has 1 fully saturated rings. The van der Waals surface area contributed by atoms with E-state index < -0.39 is 5.82 Å². The molecular formula is C24H25FN8O. The molecule has 5 rings (SSSR count). The fraction of sp³-hybridized carbons (Fsp3) is 0.333. The number of aromatic nitrogens is 6. The number of ether oxygens (including phenoxy) is 1. The van der Waals surface area contributed by atoms with Crippen LogP contribution in [0.25, 0.3) is 22.1 Å². The van der Waals surface area contributed by atoms with Crippen molar-refractivity contribution < 1.29 is 9.13 Å². The summed E-state index contributed by atoms with van der Waals surface area (Å²) in [6.45, 7) is 5.99. The van der Waals surface area contributed by atoms with Gasteiger partial charge in [-0.15, -0.1) is 6.58 Å². The van der Waals surface area contributed by atoms with E-state index in [1.54, 1.807) is 24.1 Å². The molecule has 4 heterocycles. The Labute approximate surface area is 196 Å². The first-order valence-electron chi connectivity index (χ1n) is 10.9. The molecule has 0 spiro atoms. The van der Waals surface area contributed by atoms with E-state index >= 15 is 0 Å². The second-order valence-electron chi connectivity index (χ2n) is 8.42. The van der Waals surface area contributed by atoms with E-state index in [0.29, 0.717) is 34.4 Å². The third-order valence-corrected chi connectivity index (χ3v) is 6.22. The van der Waals surface area contributed by atoms with Crippen molar-refractivity contribution in [3.8, 4) is 11.8 Å². The fourth-order valence-electron chi connectivity index (χ4n) is 4.60. The zero-order chi connectivity index (χ0) is 23.8. The summed E-state index contributed by atoms with van der Waals surface area (Å²) in [5.74, 6) is 5.78. The van der Waals surface area contributed by atoms with Gasteiger partial charge in [-0.3, -0.25) is 4.90 Å². The normalized spacial score (nSPS) is 18.4. The molecule has 3 aromatic heterocycles. The van der Waals surface area contributed by atoms with Crippen molar-refractivity contribution >= 4 is 27.9 Å². The number of methoxy groups -OCH3 is 1. The van der Waals surface area contributed by atoms with Crippen LogP contribution in [0.1, 0.15) is 23.7 Å². The summed E-state index contributed by atoms with van der Waals surface area (Å²) in [7, 11) is 3.52. The molecule has 2 N–H and O–H groups in total. The lowest BCUT2D eigenvalue weighted by Gasteiger charge is -2.21. The highest BCUT2D eigenvalue weighted by Crippen LogP contribution is 2.31. The van der Waals surface area contributed by atoms with Gasteiger partial charge in [-0.1, -0.05) is 12.0 Å². The third kappa shape index (κ3) is 3.79. The van der Waals surface area contributed by atoms with E-state index in [0.717, 1.165) is 19.5 Å². The summed E-state index contributed by atoms with van der Waals surface area (Å²) in [6, 6.07) is 3.36. The Hall–Kier alpha value is -3.81. The van der Waals surface area contributed by atoms with Crippen LogP contribution in [-0.4, -0.2) is 67.0 Å². The number of hydrogen-bond acceptors (Lipinski definition) is 7. The number of nitrogens with zero attached hydrogens (tertiary/aromatic N) is 7. The Morgan fingerprint density at radius 3 is 2.94 bits per heavy atom. The average molecular weight is 461 g/mol. The molecule has 34 heavy (non-hydrogen) atoms. The fourth-order valence-corrected chi connectivity index (χ4v) is 4.60. The molecule has 0 aliphatic carbocycles. The maximum atomic E-state index is 14.7. The maximum Gasteiger partial charge on any atom is 0.164 e. The summed E-state index contributed by atoms with van der Waals surface area (Å²) >= 11 is 0. The van der Waals surface area contributed by atoms with Gasteiger partial charge in [-0.25, -0.2) is 24.0 Å². The standard InChI is InChI=1S/C24H25FN8O/c1-4-7-32-11-16(9-17(32)12-34-3)33-24-22(23(26)27-13-28-24)19(30-33)6-5-15-8-20-21(10-18(15)25)31(2)14-29-20/h4,8,10,13-14,16-17H,1,7,9,11-12H2,2-3H3,(H2,26,27,28)/t16?,17-/m1/s1. The summed E-state index contributed by atoms with van der Waals surface area (Å²) in [4.78, 5) is 15.2. The van der Waals surface area contributed by atoms with E-state index in [2.05, 4.69) is 38.3 Å². The van der Waals surface area contributed by atoms with Crippen molar-refractivity contribution in [2.75, 3.05) is 32.5 Å². The molecule has 0 bridgehead atoms. The molecule has 2 atom stereocenters. The van der Waals surface area contributed by atoms with Gasteiger partial charge in [0, 0.05) is 39.4 Å². The van der Waals surface area contributed by atoms with Gasteiger partial charge in [0.2, 0.25) is 0 Å². The lowest BCUT2D eigenvalue weighted by molar-refractivity contribution is 0.122. The zero-order valence-electron chi connectivity index (χ0n) is 19.1. The molecule has 1 unspecified atom stereocenters. The predicted molar refractivity (Wildman–Crippen MR) is 127 cm³/mol. The van der Waals surface area contributed by atoms with Crippen molar-refractivity contribution in [2.24, 2.45) is 7.05 Å². The van der Waals surface area contributed by atoms with Crippen LogP contribution in [0.2, 0.25) is 0 Å². The molecule has 1 saturated heterocycles. The van der Waals surface area contributed by atoms with E-state index in [1.807, 2.05) is 17.8 Å². The molecule has 9 nitrogen and oxygen atoms in total. The second-order valence-corrected chi connectivity index (χ2v) is 8.42. The molecule has 0 radical (unpaired) electrons. The Balaban J connectivity index is 1.56. The van der Waals surface area contributed by atoms with Crippen LogP contribution in [-0.2, 0) is 11.8 Å². The summed E-state index contributed by atoms with van der Waals surface area (Å²) in [6.07, 6.45) is 5.78. The van der Waals surface area contributed by atoms with E-state index in [1.165, 1.54) is 12.4 Å². The Bertz CT molecular complexity index is 1450. The molecule has 0 amide bonds. The van der Waals surface area contributed by atoms with Crippen LogP contribution in [0.15, 0.2) is 37.4 Å². The number of halogens is 1. The molecule has 4 aromatic rings. The topological polar surface area (TPSA) is 99.9 Å². The van der Waals surface area contributed by atoms with Crippen molar-refractivity contribution in [1.29, 1.82) is 0 Å². The minimum Gasteiger partial charge on any atom is -0.383 e. The number of nitrogens with two attached hydrogens (primary N) is 1. The monoisotopic (exact) mass is 460 g/mol. The number of rotatable bonds is 5. The summed E-state index contributed by atoms with van der Waals surface area (Å²) in [5.41, 5.74) is 8.83. The maximum absolute atomic E-state index is 14.7. The minimum absolute atomic E-state index is 0.0501. The van der Waals surface area contributed by atoms with Crippen LogP contribution in [0.5, 0.6) is 0 Å². The van der Waals surface area contributed by atoms with Crippen molar-refractivity contribution in [3.63, 3.8) is 0 Å². The highest BCUT2D eigenvalue weighted by atomic mass is 19.1. The molecular weight excluding hydrogens is 435 g/mol. The predicted octanol–water partition coefficient (Wildman–Crippen LogP) is 2.28. The van der Waals surface area contributed by atoms with Crippen LogP contribution in [0, 0.1) is 17.7 Å². The van der Waals surface area contributed by atoms with Crippen molar-refractivity contribution in [3.05, 3.63) is 54.5 Å². The molecule has 0 saturated carbocycles. The Kier molecular flexibility index (Phi) is 5.73. The molecule has 10 heteroatoms. The highest BCUT2D eigenvalue weighted by molar-refractivity contribution is 5.90. The Morgan fingerprint density at radius 2 is 2.15 bits per heavy atom. The van der Waals surface area contributed by atoms with E-state index in [4.69, 9.17) is 15.6 Å². The Morgan fingerprint density at radius 1 is 1.29 bits per heavy atom. The smallest absolute Gasteiger partial charge is 0.164 e. The number of benzene rings is 1. The zero-order valence-corrected chi connectivity index (χ0v) is 19.1. The first-order chi connectivity index (χ1) is 16.5. The van der Waals surface area contributed by atoms with Crippen LogP contribution in [0.4, 0.5) is 10.2 Å². The number of likely N-dealkylation sites (tertiary alicyclic amines) is 1. The van der Waals surface area contributed by atoms with Gasteiger partial charge in [0.1, 0.15) is 23.7 Å². The van der Waals surface area contributed by atoms with E-state index in [9.17, 15) is 4.39 Å². The first kappa shape index (κ1) is 22.0. The first-order valence-corrected chi connectivity index (χ1v) is 10.9. The van der Waals surface area contributed by atoms with Gasteiger partial charge in [0.15, 0.2) is 5.65 Å². The quantitative estimate of drug-likeness (QED) is 0.360. The van der Waals surface area contributed by atoms with Gasteiger partial charge in [-0.05, 0) is 18.4 Å². The second kappa shape index (κ2) is 8.85. The van der Waals surface area contributed by atoms with Gasteiger partial charge in [0.05, 0.1) is 41.0 Å². The van der Waals surface area contributed by atoms with Gasteiger partial charge < -0.3 is 15.0 Å². The van der Waals surface area contributed by atoms with Gasteiger partial charge in [0.25, 0.3) is 0 Å². The number of hydrogen-bond donors (Lipinski definition) is 1. The number of nitrogen functional groups attached to an aromatic ring is 1. The van der Waals surface area contributed by atoms with Crippen LogP contribution < -0.4 is 5.73 Å². The van der Waals surface area contributed by atoms with Crippen molar-refractivity contribution in [1.82, 2.24) is 34.2 Å². The van der Waals surface area contributed by atoms with E-state index in [-0.39, 0.29) is 23.5 Å². The number of fused-ring (bicyclic) bond motifs is 2.